The van der Waals surface area contributed by atoms with Crippen molar-refractivity contribution in [3.8, 4) is 11.5 Å². The minimum Gasteiger partial charge on any atom is -0.495 e. The minimum absolute atomic E-state index is 0.169. The molecule has 0 atom stereocenters. The summed E-state index contributed by atoms with van der Waals surface area (Å²) in [5.41, 5.74) is 2.04. The smallest absolute Gasteiger partial charge is 0.187 e. The van der Waals surface area contributed by atoms with Gasteiger partial charge < -0.3 is 14.8 Å². The van der Waals surface area contributed by atoms with Crippen molar-refractivity contribution in [3.63, 3.8) is 0 Å². The quantitative estimate of drug-likeness (QED) is 0.288. The standard InChI is InChI=1S/C23H18Cl3NO3/c1-29-23-8-7-18(13-21(23)26)27-10-9-22(28)15-3-2-4-19(11-15)30-14-16-5-6-17(24)12-20(16)25/h2-13,27H,14H2,1H3. The summed E-state index contributed by atoms with van der Waals surface area (Å²) < 4.78 is 10.9. The molecule has 3 rings (SSSR count). The van der Waals surface area contributed by atoms with Gasteiger partial charge in [0.15, 0.2) is 5.78 Å². The molecule has 0 aliphatic carbocycles. The maximum atomic E-state index is 12.5. The Morgan fingerprint density at radius 2 is 1.83 bits per heavy atom. The average molecular weight is 463 g/mol. The van der Waals surface area contributed by atoms with E-state index in [1.54, 1.807) is 74.0 Å². The lowest BCUT2D eigenvalue weighted by molar-refractivity contribution is 0.104. The van der Waals surface area contributed by atoms with Crippen LogP contribution in [0.15, 0.2) is 72.9 Å². The van der Waals surface area contributed by atoms with Gasteiger partial charge in [-0.3, -0.25) is 4.79 Å². The molecule has 0 aliphatic heterocycles. The predicted octanol–water partition coefficient (Wildman–Crippen LogP) is 7.04. The number of halogens is 3. The third-order valence-corrected chi connectivity index (χ3v) is 5.05. The van der Waals surface area contributed by atoms with Gasteiger partial charge in [0, 0.05) is 39.1 Å². The van der Waals surface area contributed by atoms with Crippen LogP contribution in [-0.2, 0) is 6.61 Å². The van der Waals surface area contributed by atoms with Crippen molar-refractivity contribution in [2.45, 2.75) is 6.61 Å². The molecular formula is C23H18Cl3NO3. The zero-order valence-corrected chi connectivity index (χ0v) is 18.3. The van der Waals surface area contributed by atoms with Crippen LogP contribution < -0.4 is 14.8 Å². The maximum absolute atomic E-state index is 12.5. The number of anilines is 1. The molecule has 0 unspecified atom stereocenters. The van der Waals surface area contributed by atoms with E-state index in [2.05, 4.69) is 5.32 Å². The number of hydrogen-bond acceptors (Lipinski definition) is 4. The Bertz CT molecular complexity index is 1080. The van der Waals surface area contributed by atoms with Gasteiger partial charge in [-0.25, -0.2) is 0 Å². The van der Waals surface area contributed by atoms with Crippen molar-refractivity contribution in [1.29, 1.82) is 0 Å². The van der Waals surface area contributed by atoms with Crippen LogP contribution in [-0.4, -0.2) is 12.9 Å². The molecule has 0 fully saturated rings. The molecule has 0 radical (unpaired) electrons. The van der Waals surface area contributed by atoms with Gasteiger partial charge in [-0.1, -0.05) is 53.0 Å². The molecule has 0 saturated heterocycles. The zero-order valence-electron chi connectivity index (χ0n) is 16.0. The van der Waals surface area contributed by atoms with Gasteiger partial charge in [0.2, 0.25) is 0 Å². The first-order valence-electron chi connectivity index (χ1n) is 8.94. The number of nitrogens with one attached hydrogen (secondary N) is 1. The second-order valence-corrected chi connectivity index (χ2v) is 7.49. The summed E-state index contributed by atoms with van der Waals surface area (Å²) in [5.74, 6) is 0.978. The molecule has 4 nitrogen and oxygen atoms in total. The first-order chi connectivity index (χ1) is 14.5. The van der Waals surface area contributed by atoms with Crippen LogP contribution >= 0.6 is 34.8 Å². The Hall–Kier alpha value is -2.66. The third-order valence-electron chi connectivity index (χ3n) is 4.16. The highest BCUT2D eigenvalue weighted by molar-refractivity contribution is 6.35. The molecule has 0 bridgehead atoms. The molecule has 0 heterocycles. The maximum Gasteiger partial charge on any atom is 0.187 e. The molecular weight excluding hydrogens is 445 g/mol. The molecule has 0 aliphatic rings. The number of hydrogen-bond donors (Lipinski definition) is 1. The van der Waals surface area contributed by atoms with Crippen LogP contribution in [0.3, 0.4) is 0 Å². The van der Waals surface area contributed by atoms with Gasteiger partial charge in [0.25, 0.3) is 0 Å². The van der Waals surface area contributed by atoms with E-state index in [1.807, 2.05) is 0 Å². The molecule has 154 valence electrons. The monoisotopic (exact) mass is 461 g/mol. The number of ether oxygens (including phenoxy) is 2. The van der Waals surface area contributed by atoms with Crippen molar-refractivity contribution < 1.29 is 14.3 Å². The largest absolute Gasteiger partial charge is 0.495 e. The van der Waals surface area contributed by atoms with Gasteiger partial charge in [-0.2, -0.15) is 0 Å². The number of carbonyl (C=O) groups excluding carboxylic acids is 1. The van der Waals surface area contributed by atoms with E-state index in [9.17, 15) is 4.79 Å². The zero-order chi connectivity index (χ0) is 21.5. The highest BCUT2D eigenvalue weighted by atomic mass is 35.5. The van der Waals surface area contributed by atoms with Crippen LogP contribution in [0, 0.1) is 0 Å². The normalized spacial score (nSPS) is 10.8. The van der Waals surface area contributed by atoms with E-state index in [0.717, 1.165) is 11.3 Å². The SMILES string of the molecule is COc1ccc(NC=CC(=O)c2cccc(OCc3ccc(Cl)cc3Cl)c2)cc1Cl. The molecule has 30 heavy (non-hydrogen) atoms. The fourth-order valence-electron chi connectivity index (χ4n) is 2.60. The molecule has 3 aromatic rings. The highest BCUT2D eigenvalue weighted by Gasteiger charge is 2.06. The van der Waals surface area contributed by atoms with Crippen LogP contribution in [0.2, 0.25) is 15.1 Å². The van der Waals surface area contributed by atoms with E-state index >= 15 is 0 Å². The van der Waals surface area contributed by atoms with Crippen molar-refractivity contribution >= 4 is 46.3 Å². The summed E-state index contributed by atoms with van der Waals surface area (Å²) in [6.45, 7) is 0.267. The minimum atomic E-state index is -0.169. The van der Waals surface area contributed by atoms with Gasteiger partial charge in [0.05, 0.1) is 12.1 Å². The predicted molar refractivity (Wildman–Crippen MR) is 122 cm³/mol. The summed E-state index contributed by atoms with van der Waals surface area (Å²) >= 11 is 18.2. The molecule has 0 saturated carbocycles. The van der Waals surface area contributed by atoms with Crippen molar-refractivity contribution in [3.05, 3.63) is 99.1 Å². The van der Waals surface area contributed by atoms with Crippen LogP contribution in [0.1, 0.15) is 15.9 Å². The second-order valence-electron chi connectivity index (χ2n) is 6.24. The van der Waals surface area contributed by atoms with E-state index in [0.29, 0.717) is 32.1 Å². The fourth-order valence-corrected chi connectivity index (χ4v) is 3.33. The third kappa shape index (κ3) is 5.92. The first-order valence-corrected chi connectivity index (χ1v) is 10.1. The Morgan fingerprint density at radius 1 is 1.00 bits per heavy atom. The van der Waals surface area contributed by atoms with Crippen LogP contribution in [0.25, 0.3) is 0 Å². The number of carbonyl (C=O) groups is 1. The van der Waals surface area contributed by atoms with E-state index in [4.69, 9.17) is 44.3 Å². The van der Waals surface area contributed by atoms with E-state index < -0.39 is 0 Å². The lowest BCUT2D eigenvalue weighted by atomic mass is 10.1. The van der Waals surface area contributed by atoms with Crippen LogP contribution in [0.5, 0.6) is 11.5 Å². The van der Waals surface area contributed by atoms with E-state index in [1.165, 1.54) is 6.08 Å². The number of allylic oxidation sites excluding steroid dienone is 1. The van der Waals surface area contributed by atoms with Crippen molar-refractivity contribution in [2.24, 2.45) is 0 Å². The summed E-state index contributed by atoms with van der Waals surface area (Å²) in [6.07, 6.45) is 2.99. The lowest BCUT2D eigenvalue weighted by Crippen LogP contribution is -2.00. The number of ketones is 1. The van der Waals surface area contributed by atoms with Gasteiger partial charge in [0.1, 0.15) is 18.1 Å². The van der Waals surface area contributed by atoms with Gasteiger partial charge in [-0.15, -0.1) is 0 Å². The summed E-state index contributed by atoms with van der Waals surface area (Å²) in [5, 5.41) is 4.58. The number of methoxy groups -OCH3 is 1. The lowest BCUT2D eigenvalue weighted by Gasteiger charge is -2.09. The molecule has 1 N–H and O–H groups in total. The summed E-state index contributed by atoms with van der Waals surface area (Å²) in [4.78, 5) is 12.5. The summed E-state index contributed by atoms with van der Waals surface area (Å²) in [7, 11) is 1.55. The molecule has 0 aromatic heterocycles. The van der Waals surface area contributed by atoms with Crippen molar-refractivity contribution in [2.75, 3.05) is 12.4 Å². The first kappa shape index (κ1) is 22.0. The number of rotatable bonds is 8. The Morgan fingerprint density at radius 3 is 2.57 bits per heavy atom. The van der Waals surface area contributed by atoms with Gasteiger partial charge >= 0.3 is 0 Å². The molecule has 0 amide bonds. The van der Waals surface area contributed by atoms with E-state index in [-0.39, 0.29) is 12.4 Å². The van der Waals surface area contributed by atoms with Gasteiger partial charge in [-0.05, 0) is 42.5 Å². The second kappa shape index (κ2) is 10.4. The molecule has 7 heteroatoms. The highest BCUT2D eigenvalue weighted by Crippen LogP contribution is 2.27. The van der Waals surface area contributed by atoms with Crippen molar-refractivity contribution in [1.82, 2.24) is 0 Å². The molecule has 0 spiro atoms. The Balaban J connectivity index is 1.61. The summed E-state index contributed by atoms with van der Waals surface area (Å²) in [6, 6.07) is 17.4. The van der Waals surface area contributed by atoms with Crippen LogP contribution in [0.4, 0.5) is 5.69 Å². The Labute approximate surface area is 190 Å². The number of benzene rings is 3. The fraction of sp³-hybridized carbons (Fsp3) is 0.0870. The Kier molecular flexibility index (Phi) is 7.63. The molecule has 3 aromatic carbocycles. The topological polar surface area (TPSA) is 47.6 Å². The average Bonchev–Trinajstić information content (AvgIpc) is 2.73.